The Morgan fingerprint density at radius 1 is 1.75 bits per heavy atom. The van der Waals surface area contributed by atoms with E-state index in [0.717, 1.165) is 18.7 Å². The first-order valence-electron chi connectivity index (χ1n) is 3.95. The molecule has 0 bridgehead atoms. The highest BCUT2D eigenvalue weighted by molar-refractivity contribution is 7.80. The lowest BCUT2D eigenvalue weighted by atomic mass is 10.2. The fraction of sp³-hybridized carbons (Fsp3) is 0.667. The quantitative estimate of drug-likeness (QED) is 0.518. The Hall–Kier alpha value is -0.460. The van der Waals surface area contributed by atoms with Crippen LogP contribution in [0, 0.1) is 17.2 Å². The first kappa shape index (κ1) is 11.5. The number of likely N-dealkylation sites (N-methyl/N-ethyl adjacent to an activating group) is 1. The Morgan fingerprint density at radius 3 is 2.75 bits per heavy atom. The molecule has 0 aromatic carbocycles. The third-order valence-electron chi connectivity index (χ3n) is 1.52. The standard InChI is InChI=1S/C9H16N2S/c1-8(4-10)5-11(3)6-9(2)7-12/h8,12H,2,5-7H2,1,3H3. The van der Waals surface area contributed by atoms with E-state index in [2.05, 4.69) is 30.2 Å². The van der Waals surface area contributed by atoms with Gasteiger partial charge in [0.2, 0.25) is 0 Å². The van der Waals surface area contributed by atoms with Crippen LogP contribution < -0.4 is 0 Å². The van der Waals surface area contributed by atoms with Crippen LogP contribution in [0.15, 0.2) is 12.2 Å². The summed E-state index contributed by atoms with van der Waals surface area (Å²) in [5.74, 6) is 0.799. The van der Waals surface area contributed by atoms with Gasteiger partial charge in [-0.05, 0) is 14.0 Å². The van der Waals surface area contributed by atoms with Crippen molar-refractivity contribution in [2.24, 2.45) is 5.92 Å². The fourth-order valence-corrected chi connectivity index (χ4v) is 1.10. The molecule has 0 aromatic heterocycles. The van der Waals surface area contributed by atoms with Gasteiger partial charge in [0.1, 0.15) is 0 Å². The highest BCUT2D eigenvalue weighted by atomic mass is 32.1. The van der Waals surface area contributed by atoms with Gasteiger partial charge in [-0.1, -0.05) is 12.2 Å². The Kier molecular flexibility index (Phi) is 5.87. The van der Waals surface area contributed by atoms with Crippen molar-refractivity contribution in [3.8, 4) is 6.07 Å². The molecule has 0 aliphatic heterocycles. The molecule has 0 aromatic rings. The van der Waals surface area contributed by atoms with E-state index in [9.17, 15) is 0 Å². The number of nitrogens with zero attached hydrogens (tertiary/aromatic N) is 2. The zero-order valence-corrected chi connectivity index (χ0v) is 8.64. The number of thiol groups is 1. The predicted octanol–water partition coefficient (Wildman–Crippen LogP) is 1.56. The van der Waals surface area contributed by atoms with Gasteiger partial charge in [-0.2, -0.15) is 17.9 Å². The fourth-order valence-electron chi connectivity index (χ4n) is 1.00. The molecule has 0 spiro atoms. The van der Waals surface area contributed by atoms with Crippen molar-refractivity contribution in [2.45, 2.75) is 6.92 Å². The minimum atomic E-state index is 0.0858. The number of hydrogen-bond donors (Lipinski definition) is 1. The lowest BCUT2D eigenvalue weighted by Crippen LogP contribution is -2.26. The maximum atomic E-state index is 8.56. The molecular formula is C9H16N2S. The SMILES string of the molecule is C=C(CS)CN(C)CC(C)C#N. The van der Waals surface area contributed by atoms with Crippen LogP contribution in [0.2, 0.25) is 0 Å². The van der Waals surface area contributed by atoms with E-state index in [1.54, 1.807) is 0 Å². The van der Waals surface area contributed by atoms with Crippen molar-refractivity contribution >= 4 is 12.6 Å². The van der Waals surface area contributed by atoms with Crippen molar-refractivity contribution < 1.29 is 0 Å². The summed E-state index contributed by atoms with van der Waals surface area (Å²) < 4.78 is 0. The van der Waals surface area contributed by atoms with Crippen LogP contribution in [0.4, 0.5) is 0 Å². The molecule has 0 saturated heterocycles. The molecule has 0 N–H and O–H groups in total. The summed E-state index contributed by atoms with van der Waals surface area (Å²) in [5, 5.41) is 8.56. The Labute approximate surface area is 80.3 Å². The van der Waals surface area contributed by atoms with Crippen LogP contribution in [-0.4, -0.2) is 30.8 Å². The summed E-state index contributed by atoms with van der Waals surface area (Å²) in [5.41, 5.74) is 1.09. The van der Waals surface area contributed by atoms with Gasteiger partial charge in [0.25, 0.3) is 0 Å². The van der Waals surface area contributed by atoms with Crippen LogP contribution in [0.3, 0.4) is 0 Å². The maximum Gasteiger partial charge on any atom is 0.0666 e. The van der Waals surface area contributed by atoms with Crippen LogP contribution in [0.1, 0.15) is 6.92 Å². The Bertz CT molecular complexity index is 183. The molecule has 68 valence electrons. The van der Waals surface area contributed by atoms with E-state index < -0.39 is 0 Å². The van der Waals surface area contributed by atoms with Gasteiger partial charge in [0.15, 0.2) is 0 Å². The summed E-state index contributed by atoms with van der Waals surface area (Å²) in [6.45, 7) is 7.39. The molecule has 0 rings (SSSR count). The highest BCUT2D eigenvalue weighted by Crippen LogP contribution is 2.00. The average Bonchev–Trinajstić information content (AvgIpc) is 2.03. The normalized spacial score (nSPS) is 12.6. The van der Waals surface area contributed by atoms with E-state index in [4.69, 9.17) is 5.26 Å². The molecule has 1 unspecified atom stereocenters. The van der Waals surface area contributed by atoms with E-state index in [1.807, 2.05) is 14.0 Å². The summed E-state index contributed by atoms with van der Waals surface area (Å²) in [6.07, 6.45) is 0. The lowest BCUT2D eigenvalue weighted by Gasteiger charge is -2.18. The van der Waals surface area contributed by atoms with Crippen LogP contribution >= 0.6 is 12.6 Å². The lowest BCUT2D eigenvalue weighted by molar-refractivity contribution is 0.335. The second-order valence-electron chi connectivity index (χ2n) is 3.14. The molecule has 0 saturated carbocycles. The van der Waals surface area contributed by atoms with Crippen LogP contribution in [-0.2, 0) is 0 Å². The van der Waals surface area contributed by atoms with Crippen LogP contribution in [0.5, 0.6) is 0 Å². The molecule has 0 amide bonds. The minimum Gasteiger partial charge on any atom is -0.301 e. The zero-order chi connectivity index (χ0) is 9.56. The summed E-state index contributed by atoms with van der Waals surface area (Å²) in [7, 11) is 1.99. The van der Waals surface area contributed by atoms with E-state index in [1.165, 1.54) is 0 Å². The van der Waals surface area contributed by atoms with Crippen LogP contribution in [0.25, 0.3) is 0 Å². The number of hydrogen-bond acceptors (Lipinski definition) is 3. The largest absolute Gasteiger partial charge is 0.301 e. The molecule has 0 aliphatic rings. The van der Waals surface area contributed by atoms with Crippen molar-refractivity contribution in [1.29, 1.82) is 5.26 Å². The second kappa shape index (κ2) is 6.10. The van der Waals surface area contributed by atoms with E-state index >= 15 is 0 Å². The molecule has 0 fully saturated rings. The molecular weight excluding hydrogens is 168 g/mol. The van der Waals surface area contributed by atoms with Gasteiger partial charge in [-0.25, -0.2) is 0 Å². The van der Waals surface area contributed by atoms with Gasteiger partial charge in [-0.3, -0.25) is 0 Å². The smallest absolute Gasteiger partial charge is 0.0666 e. The molecule has 0 radical (unpaired) electrons. The third-order valence-corrected chi connectivity index (χ3v) is 1.97. The van der Waals surface area contributed by atoms with Gasteiger partial charge in [0.05, 0.1) is 12.0 Å². The summed E-state index contributed by atoms with van der Waals surface area (Å²) >= 11 is 4.11. The second-order valence-corrected chi connectivity index (χ2v) is 3.45. The predicted molar refractivity (Wildman–Crippen MR) is 55.3 cm³/mol. The summed E-state index contributed by atoms with van der Waals surface area (Å²) in [6, 6.07) is 2.20. The first-order valence-corrected chi connectivity index (χ1v) is 4.59. The maximum absolute atomic E-state index is 8.56. The van der Waals surface area contributed by atoms with E-state index in [0.29, 0.717) is 5.75 Å². The highest BCUT2D eigenvalue weighted by Gasteiger charge is 2.05. The molecule has 0 aliphatic carbocycles. The topological polar surface area (TPSA) is 27.0 Å². The average molecular weight is 184 g/mol. The van der Waals surface area contributed by atoms with Gasteiger partial charge in [-0.15, -0.1) is 0 Å². The third kappa shape index (κ3) is 5.22. The molecule has 3 heteroatoms. The van der Waals surface area contributed by atoms with E-state index in [-0.39, 0.29) is 5.92 Å². The minimum absolute atomic E-state index is 0.0858. The van der Waals surface area contributed by atoms with Gasteiger partial charge < -0.3 is 4.90 Å². The van der Waals surface area contributed by atoms with Crippen molar-refractivity contribution in [3.05, 3.63) is 12.2 Å². The van der Waals surface area contributed by atoms with Crippen molar-refractivity contribution in [3.63, 3.8) is 0 Å². The van der Waals surface area contributed by atoms with Gasteiger partial charge >= 0.3 is 0 Å². The molecule has 1 atom stereocenters. The van der Waals surface area contributed by atoms with Crippen molar-refractivity contribution in [1.82, 2.24) is 4.90 Å². The monoisotopic (exact) mass is 184 g/mol. The number of rotatable bonds is 5. The Morgan fingerprint density at radius 2 is 2.33 bits per heavy atom. The van der Waals surface area contributed by atoms with Crippen molar-refractivity contribution in [2.75, 3.05) is 25.9 Å². The first-order chi connectivity index (χ1) is 5.60. The molecule has 0 heterocycles. The summed E-state index contributed by atoms with van der Waals surface area (Å²) in [4.78, 5) is 2.09. The van der Waals surface area contributed by atoms with Gasteiger partial charge in [0, 0.05) is 18.8 Å². The zero-order valence-electron chi connectivity index (χ0n) is 7.75. The number of nitriles is 1. The molecule has 2 nitrogen and oxygen atoms in total. The Balaban J connectivity index is 3.67. The molecule has 12 heavy (non-hydrogen) atoms.